The van der Waals surface area contributed by atoms with E-state index in [9.17, 15) is 13.2 Å². The van der Waals surface area contributed by atoms with Gasteiger partial charge >= 0.3 is 6.36 Å². The lowest BCUT2D eigenvalue weighted by Crippen LogP contribution is -2.32. The quantitative estimate of drug-likeness (QED) is 0.657. The molecule has 0 heterocycles. The van der Waals surface area contributed by atoms with Crippen molar-refractivity contribution in [2.45, 2.75) is 38.5 Å². The topological polar surface area (TPSA) is 18.5 Å². The lowest BCUT2D eigenvalue weighted by atomic mass is 9.76. The molecule has 0 bridgehead atoms. The van der Waals surface area contributed by atoms with Gasteiger partial charge in [0.1, 0.15) is 0 Å². The Bertz CT molecular complexity index is 456. The minimum absolute atomic E-state index is 0.00357. The van der Waals surface area contributed by atoms with E-state index in [0.29, 0.717) is 6.61 Å². The first-order valence-corrected chi connectivity index (χ1v) is 8.10. The zero-order valence-corrected chi connectivity index (χ0v) is 13.2. The smallest absolute Gasteiger partial charge is 0.489 e. The third kappa shape index (κ3) is 4.80. The predicted octanol–water partition coefficient (Wildman–Crippen LogP) is 5.31. The first kappa shape index (κ1) is 16.5. The highest BCUT2D eigenvalue weighted by Gasteiger charge is 2.34. The number of halogens is 4. The van der Waals surface area contributed by atoms with Crippen LogP contribution in [0.4, 0.5) is 13.2 Å². The third-order valence-electron chi connectivity index (χ3n) is 3.81. The second-order valence-electron chi connectivity index (χ2n) is 5.48. The second kappa shape index (κ2) is 6.90. The summed E-state index contributed by atoms with van der Waals surface area (Å²) >= 11 is 3.52. The summed E-state index contributed by atoms with van der Waals surface area (Å²) in [5.41, 5.74) is 0.00357. The van der Waals surface area contributed by atoms with Gasteiger partial charge in [-0.15, -0.1) is 13.2 Å². The maximum Gasteiger partial charge on any atom is 0.573 e. The molecule has 1 saturated carbocycles. The first-order valence-electron chi connectivity index (χ1n) is 6.98. The van der Waals surface area contributed by atoms with Crippen LogP contribution in [-0.4, -0.2) is 18.3 Å². The summed E-state index contributed by atoms with van der Waals surface area (Å²) < 4.78 is 46.8. The van der Waals surface area contributed by atoms with Crippen LogP contribution in [0.5, 0.6) is 11.5 Å². The molecule has 0 radical (unpaired) electrons. The molecule has 1 aromatic carbocycles. The number of hydrogen-bond acceptors (Lipinski definition) is 2. The molecule has 0 unspecified atom stereocenters. The van der Waals surface area contributed by atoms with Gasteiger partial charge in [0.05, 0.1) is 6.61 Å². The highest BCUT2D eigenvalue weighted by molar-refractivity contribution is 9.09. The van der Waals surface area contributed by atoms with E-state index in [1.54, 1.807) is 6.07 Å². The zero-order valence-electron chi connectivity index (χ0n) is 11.6. The van der Waals surface area contributed by atoms with E-state index < -0.39 is 6.36 Å². The molecule has 1 fully saturated rings. The molecule has 1 aliphatic rings. The van der Waals surface area contributed by atoms with E-state index in [4.69, 9.17) is 4.74 Å². The zero-order chi connectivity index (χ0) is 15.3. The van der Waals surface area contributed by atoms with E-state index in [2.05, 4.69) is 20.7 Å². The van der Waals surface area contributed by atoms with Crippen LogP contribution in [0.25, 0.3) is 0 Å². The van der Waals surface area contributed by atoms with Crippen molar-refractivity contribution in [1.29, 1.82) is 0 Å². The lowest BCUT2D eigenvalue weighted by Gasteiger charge is -2.35. The molecule has 0 saturated heterocycles. The fourth-order valence-corrected chi connectivity index (χ4v) is 3.35. The molecule has 0 aromatic heterocycles. The second-order valence-corrected chi connectivity index (χ2v) is 6.04. The minimum atomic E-state index is -4.71. The molecule has 118 valence electrons. The average molecular weight is 367 g/mol. The highest BCUT2D eigenvalue weighted by Crippen LogP contribution is 2.40. The number of rotatable bonds is 5. The number of para-hydroxylation sites is 2. The van der Waals surface area contributed by atoms with Gasteiger partial charge in [-0.1, -0.05) is 47.3 Å². The highest BCUT2D eigenvalue weighted by atomic mass is 79.9. The monoisotopic (exact) mass is 366 g/mol. The van der Waals surface area contributed by atoms with Crippen LogP contribution in [0.15, 0.2) is 24.3 Å². The summed E-state index contributed by atoms with van der Waals surface area (Å²) in [6.45, 7) is 0.399. The van der Waals surface area contributed by atoms with Crippen molar-refractivity contribution >= 4 is 15.9 Å². The Hall–Kier alpha value is -0.910. The van der Waals surface area contributed by atoms with Crippen LogP contribution in [0.2, 0.25) is 0 Å². The molecule has 0 aliphatic heterocycles. The fourth-order valence-electron chi connectivity index (χ4n) is 2.63. The number of ether oxygens (including phenoxy) is 2. The molecule has 0 spiro atoms. The van der Waals surface area contributed by atoms with Gasteiger partial charge in [0.25, 0.3) is 0 Å². The molecular weight excluding hydrogens is 349 g/mol. The van der Waals surface area contributed by atoms with Crippen molar-refractivity contribution in [3.8, 4) is 11.5 Å². The Morgan fingerprint density at radius 3 is 2.24 bits per heavy atom. The molecular formula is C15H18BrF3O2. The summed E-state index contributed by atoms with van der Waals surface area (Å²) in [6, 6.07) is 5.91. The van der Waals surface area contributed by atoms with E-state index in [1.165, 1.54) is 24.6 Å². The van der Waals surface area contributed by atoms with Crippen LogP contribution < -0.4 is 9.47 Å². The van der Waals surface area contributed by atoms with Crippen molar-refractivity contribution in [1.82, 2.24) is 0 Å². The molecule has 6 heteroatoms. The molecule has 0 amide bonds. The third-order valence-corrected chi connectivity index (χ3v) is 5.00. The minimum Gasteiger partial charge on any atom is -0.489 e. The average Bonchev–Trinajstić information content (AvgIpc) is 2.46. The number of benzene rings is 1. The molecule has 2 rings (SSSR count). The summed E-state index contributed by atoms with van der Waals surface area (Å²) in [6.07, 6.45) is 0.826. The first-order chi connectivity index (χ1) is 9.94. The number of alkyl halides is 4. The Balaban J connectivity index is 2.05. The Morgan fingerprint density at radius 1 is 1.05 bits per heavy atom. The van der Waals surface area contributed by atoms with Crippen LogP contribution in [0.3, 0.4) is 0 Å². The maximum atomic E-state index is 12.4. The van der Waals surface area contributed by atoms with Gasteiger partial charge in [-0.2, -0.15) is 0 Å². The van der Waals surface area contributed by atoms with Crippen LogP contribution in [0, 0.1) is 5.41 Å². The van der Waals surface area contributed by atoms with E-state index in [0.717, 1.165) is 31.0 Å². The molecule has 0 atom stereocenters. The van der Waals surface area contributed by atoms with Crippen LogP contribution >= 0.6 is 15.9 Å². The summed E-state index contributed by atoms with van der Waals surface area (Å²) in [4.78, 5) is 0. The molecule has 1 aromatic rings. The summed E-state index contributed by atoms with van der Waals surface area (Å²) in [5, 5.41) is 0.794. The summed E-state index contributed by atoms with van der Waals surface area (Å²) in [7, 11) is 0. The maximum absolute atomic E-state index is 12.4. The van der Waals surface area contributed by atoms with Crippen LogP contribution in [0.1, 0.15) is 32.1 Å². The van der Waals surface area contributed by atoms with Crippen molar-refractivity contribution < 1.29 is 22.6 Å². The molecule has 0 N–H and O–H groups in total. The Morgan fingerprint density at radius 2 is 1.67 bits per heavy atom. The lowest BCUT2D eigenvalue weighted by molar-refractivity contribution is -0.275. The normalized spacial score (nSPS) is 18.3. The van der Waals surface area contributed by atoms with Gasteiger partial charge < -0.3 is 9.47 Å². The fraction of sp³-hybridized carbons (Fsp3) is 0.600. The van der Waals surface area contributed by atoms with Gasteiger partial charge in [-0.3, -0.25) is 0 Å². The van der Waals surface area contributed by atoms with Crippen molar-refractivity contribution in [2.24, 2.45) is 5.41 Å². The van der Waals surface area contributed by atoms with Gasteiger partial charge in [0, 0.05) is 10.7 Å². The Labute approximate surface area is 130 Å². The number of hydrogen-bond donors (Lipinski definition) is 0. The van der Waals surface area contributed by atoms with E-state index in [-0.39, 0.29) is 16.9 Å². The largest absolute Gasteiger partial charge is 0.573 e. The van der Waals surface area contributed by atoms with E-state index in [1.807, 2.05) is 0 Å². The summed E-state index contributed by atoms with van der Waals surface area (Å²) in [5.74, 6) is -0.147. The van der Waals surface area contributed by atoms with Crippen molar-refractivity contribution in [3.05, 3.63) is 24.3 Å². The van der Waals surface area contributed by atoms with Gasteiger partial charge in [-0.25, -0.2) is 0 Å². The van der Waals surface area contributed by atoms with Gasteiger partial charge in [0.15, 0.2) is 11.5 Å². The standard InChI is InChI=1S/C15H18BrF3O2/c16-10-14(8-4-1-5-9-14)11-20-12-6-2-3-7-13(12)21-15(17,18)19/h2-3,6-7H,1,4-5,8-11H2. The van der Waals surface area contributed by atoms with Crippen molar-refractivity contribution in [3.63, 3.8) is 0 Å². The van der Waals surface area contributed by atoms with Crippen molar-refractivity contribution in [2.75, 3.05) is 11.9 Å². The van der Waals surface area contributed by atoms with Crippen LogP contribution in [-0.2, 0) is 0 Å². The predicted molar refractivity (Wildman–Crippen MR) is 77.9 cm³/mol. The van der Waals surface area contributed by atoms with Gasteiger partial charge in [-0.05, 0) is 25.0 Å². The van der Waals surface area contributed by atoms with E-state index >= 15 is 0 Å². The van der Waals surface area contributed by atoms with Gasteiger partial charge in [0.2, 0.25) is 0 Å². The molecule has 2 nitrogen and oxygen atoms in total. The molecule has 21 heavy (non-hydrogen) atoms. The molecule has 1 aliphatic carbocycles. The Kier molecular flexibility index (Phi) is 5.41. The SMILES string of the molecule is FC(F)(F)Oc1ccccc1OCC1(CBr)CCCCC1.